The SMILES string of the molecule is CC1(C)C=CC=NC1. The maximum absolute atomic E-state index is 4.12. The van der Waals surface area contributed by atoms with Gasteiger partial charge in [-0.1, -0.05) is 19.9 Å². The Labute approximate surface area is 50.1 Å². The molecule has 1 heteroatoms. The van der Waals surface area contributed by atoms with Gasteiger partial charge < -0.3 is 0 Å². The van der Waals surface area contributed by atoms with Crippen molar-refractivity contribution in [1.82, 2.24) is 0 Å². The minimum atomic E-state index is 0.300. The zero-order valence-corrected chi connectivity index (χ0v) is 5.39. The van der Waals surface area contributed by atoms with Crippen LogP contribution >= 0.6 is 0 Å². The van der Waals surface area contributed by atoms with Crippen molar-refractivity contribution >= 4 is 6.21 Å². The summed E-state index contributed by atoms with van der Waals surface area (Å²) in [6.07, 6.45) is 6.04. The smallest absolute Gasteiger partial charge is 0.0475 e. The third-order valence-electron chi connectivity index (χ3n) is 1.24. The van der Waals surface area contributed by atoms with Crippen molar-refractivity contribution in [3.8, 4) is 0 Å². The van der Waals surface area contributed by atoms with Gasteiger partial charge in [0.25, 0.3) is 0 Å². The van der Waals surface area contributed by atoms with Crippen LogP contribution < -0.4 is 0 Å². The van der Waals surface area contributed by atoms with Crippen LogP contribution in [0.3, 0.4) is 0 Å². The molecule has 1 heterocycles. The lowest BCUT2D eigenvalue weighted by molar-refractivity contribution is 0.494. The molecule has 0 aromatic heterocycles. The highest BCUT2D eigenvalue weighted by atomic mass is 14.7. The standard InChI is InChI=1S/C7H11N/c1-7(2)4-3-5-8-6-7/h3-5H,6H2,1-2H3. The number of dihydropyridines is 1. The summed E-state index contributed by atoms with van der Waals surface area (Å²) in [5, 5.41) is 0. The van der Waals surface area contributed by atoms with E-state index in [0.717, 1.165) is 6.54 Å². The average molecular weight is 109 g/mol. The van der Waals surface area contributed by atoms with Gasteiger partial charge in [0.05, 0.1) is 0 Å². The Morgan fingerprint density at radius 1 is 1.50 bits per heavy atom. The van der Waals surface area contributed by atoms with Gasteiger partial charge in [0.2, 0.25) is 0 Å². The van der Waals surface area contributed by atoms with Crippen LogP contribution in [-0.4, -0.2) is 12.8 Å². The molecule has 0 aliphatic carbocycles. The first kappa shape index (κ1) is 5.54. The summed E-state index contributed by atoms with van der Waals surface area (Å²) in [6, 6.07) is 0. The van der Waals surface area contributed by atoms with Gasteiger partial charge in [-0.25, -0.2) is 0 Å². The lowest BCUT2D eigenvalue weighted by Gasteiger charge is -2.18. The lowest BCUT2D eigenvalue weighted by atomic mass is 9.92. The van der Waals surface area contributed by atoms with Crippen molar-refractivity contribution in [1.29, 1.82) is 0 Å². The monoisotopic (exact) mass is 109 g/mol. The Morgan fingerprint density at radius 3 is 2.50 bits per heavy atom. The number of hydrogen-bond donors (Lipinski definition) is 0. The Morgan fingerprint density at radius 2 is 2.25 bits per heavy atom. The fourth-order valence-corrected chi connectivity index (χ4v) is 0.705. The van der Waals surface area contributed by atoms with Crippen LogP contribution in [0.15, 0.2) is 17.1 Å². The van der Waals surface area contributed by atoms with E-state index < -0.39 is 0 Å². The second-order valence-corrected chi connectivity index (χ2v) is 2.84. The first-order valence-corrected chi connectivity index (χ1v) is 2.88. The van der Waals surface area contributed by atoms with E-state index in [9.17, 15) is 0 Å². The van der Waals surface area contributed by atoms with Gasteiger partial charge in [-0.2, -0.15) is 0 Å². The van der Waals surface area contributed by atoms with Crippen LogP contribution in [-0.2, 0) is 0 Å². The Balaban J connectivity index is 2.65. The van der Waals surface area contributed by atoms with E-state index in [0.29, 0.717) is 5.41 Å². The van der Waals surface area contributed by atoms with E-state index >= 15 is 0 Å². The highest BCUT2D eigenvalue weighted by molar-refractivity contribution is 5.72. The highest BCUT2D eigenvalue weighted by Crippen LogP contribution is 2.18. The molecule has 0 fully saturated rings. The molecular weight excluding hydrogens is 98.1 g/mol. The molecule has 0 spiro atoms. The van der Waals surface area contributed by atoms with Gasteiger partial charge >= 0.3 is 0 Å². The first-order valence-electron chi connectivity index (χ1n) is 2.88. The summed E-state index contributed by atoms with van der Waals surface area (Å²) in [6.45, 7) is 5.30. The summed E-state index contributed by atoms with van der Waals surface area (Å²) in [5.41, 5.74) is 0.300. The first-order chi connectivity index (χ1) is 3.71. The molecule has 1 aliphatic rings. The fourth-order valence-electron chi connectivity index (χ4n) is 0.705. The molecule has 1 aliphatic heterocycles. The summed E-state index contributed by atoms with van der Waals surface area (Å²) >= 11 is 0. The van der Waals surface area contributed by atoms with E-state index in [1.54, 1.807) is 0 Å². The molecule has 0 aromatic carbocycles. The second kappa shape index (κ2) is 1.73. The van der Waals surface area contributed by atoms with Crippen LogP contribution in [0.5, 0.6) is 0 Å². The van der Waals surface area contributed by atoms with Crippen molar-refractivity contribution in [2.24, 2.45) is 10.4 Å². The van der Waals surface area contributed by atoms with Crippen molar-refractivity contribution in [2.45, 2.75) is 13.8 Å². The Bertz CT molecular complexity index is 131. The quantitative estimate of drug-likeness (QED) is 0.448. The van der Waals surface area contributed by atoms with Crippen LogP contribution in [0.4, 0.5) is 0 Å². The number of nitrogens with zero attached hydrogens (tertiary/aromatic N) is 1. The minimum absolute atomic E-state index is 0.300. The molecule has 0 amide bonds. The summed E-state index contributed by atoms with van der Waals surface area (Å²) < 4.78 is 0. The zero-order chi connectivity index (χ0) is 6.04. The van der Waals surface area contributed by atoms with Crippen molar-refractivity contribution in [2.75, 3.05) is 6.54 Å². The predicted octanol–water partition coefficient (Wildman–Crippen LogP) is 1.65. The fraction of sp³-hybridized carbons (Fsp3) is 0.571. The van der Waals surface area contributed by atoms with Gasteiger partial charge in [0.1, 0.15) is 0 Å². The van der Waals surface area contributed by atoms with Crippen LogP contribution in [0, 0.1) is 5.41 Å². The Kier molecular flexibility index (Phi) is 1.20. The van der Waals surface area contributed by atoms with E-state index in [2.05, 4.69) is 24.9 Å². The molecule has 0 N–H and O–H groups in total. The lowest BCUT2D eigenvalue weighted by Crippen LogP contribution is -2.14. The number of hydrogen-bond acceptors (Lipinski definition) is 1. The summed E-state index contributed by atoms with van der Waals surface area (Å²) in [4.78, 5) is 4.12. The molecule has 1 rings (SSSR count). The third-order valence-corrected chi connectivity index (χ3v) is 1.24. The highest BCUT2D eigenvalue weighted by Gasteiger charge is 2.12. The topological polar surface area (TPSA) is 12.4 Å². The minimum Gasteiger partial charge on any atom is -0.292 e. The number of aliphatic imine (C=N–C) groups is 1. The molecule has 0 aromatic rings. The van der Waals surface area contributed by atoms with Gasteiger partial charge in [-0.3, -0.25) is 4.99 Å². The largest absolute Gasteiger partial charge is 0.292 e. The van der Waals surface area contributed by atoms with Crippen molar-refractivity contribution < 1.29 is 0 Å². The maximum Gasteiger partial charge on any atom is 0.0475 e. The summed E-state index contributed by atoms with van der Waals surface area (Å²) in [5.74, 6) is 0. The zero-order valence-electron chi connectivity index (χ0n) is 5.39. The van der Waals surface area contributed by atoms with Crippen LogP contribution in [0.25, 0.3) is 0 Å². The molecule has 0 bridgehead atoms. The molecule has 0 atom stereocenters. The Hall–Kier alpha value is -0.590. The van der Waals surface area contributed by atoms with Gasteiger partial charge in [-0.05, 0) is 6.08 Å². The van der Waals surface area contributed by atoms with Crippen molar-refractivity contribution in [3.63, 3.8) is 0 Å². The molecule has 1 nitrogen and oxygen atoms in total. The van der Waals surface area contributed by atoms with Gasteiger partial charge in [-0.15, -0.1) is 0 Å². The van der Waals surface area contributed by atoms with E-state index in [-0.39, 0.29) is 0 Å². The van der Waals surface area contributed by atoms with E-state index in [4.69, 9.17) is 0 Å². The second-order valence-electron chi connectivity index (χ2n) is 2.84. The van der Waals surface area contributed by atoms with Gasteiger partial charge in [0, 0.05) is 18.2 Å². The average Bonchev–Trinajstić information content (AvgIpc) is 1.65. The molecule has 0 radical (unpaired) electrons. The van der Waals surface area contributed by atoms with E-state index in [1.807, 2.05) is 12.3 Å². The molecule has 44 valence electrons. The molecule has 0 unspecified atom stereocenters. The molecule has 8 heavy (non-hydrogen) atoms. The number of rotatable bonds is 0. The van der Waals surface area contributed by atoms with Crippen LogP contribution in [0.1, 0.15) is 13.8 Å². The molecular formula is C7H11N. The van der Waals surface area contributed by atoms with Gasteiger partial charge in [0.15, 0.2) is 0 Å². The maximum atomic E-state index is 4.12. The summed E-state index contributed by atoms with van der Waals surface area (Å²) in [7, 11) is 0. The van der Waals surface area contributed by atoms with Crippen molar-refractivity contribution in [3.05, 3.63) is 12.2 Å². The third kappa shape index (κ3) is 1.19. The van der Waals surface area contributed by atoms with E-state index in [1.165, 1.54) is 0 Å². The molecule has 0 saturated carbocycles. The normalized spacial score (nSPS) is 23.8. The van der Waals surface area contributed by atoms with Crippen LogP contribution in [0.2, 0.25) is 0 Å². The molecule has 0 saturated heterocycles. The number of allylic oxidation sites excluding steroid dienone is 1. The predicted molar refractivity (Wildman–Crippen MR) is 36.3 cm³/mol.